The molecule has 0 bridgehead atoms. The molecule has 5 heteroatoms. The summed E-state index contributed by atoms with van der Waals surface area (Å²) < 4.78 is 27.6. The number of hydrogen-bond donors (Lipinski definition) is 1. The van der Waals surface area contributed by atoms with Crippen LogP contribution in [0.25, 0.3) is 0 Å². The van der Waals surface area contributed by atoms with Crippen LogP contribution in [0.5, 0.6) is 0 Å². The third-order valence-electron chi connectivity index (χ3n) is 5.01. The molecule has 0 amide bonds. The van der Waals surface area contributed by atoms with Crippen molar-refractivity contribution in [3.8, 4) is 0 Å². The van der Waals surface area contributed by atoms with Crippen molar-refractivity contribution in [2.24, 2.45) is 5.73 Å². The molecule has 19 heavy (non-hydrogen) atoms. The van der Waals surface area contributed by atoms with Crippen LogP contribution in [-0.2, 0) is 10.0 Å². The first-order chi connectivity index (χ1) is 9.07. The van der Waals surface area contributed by atoms with E-state index in [0.717, 1.165) is 51.4 Å². The summed E-state index contributed by atoms with van der Waals surface area (Å²) in [5.74, 6) is 0. The Labute approximate surface area is 117 Å². The van der Waals surface area contributed by atoms with Crippen molar-refractivity contribution in [3.63, 3.8) is 0 Å². The number of rotatable bonds is 5. The molecule has 0 atom stereocenters. The molecule has 0 spiro atoms. The monoisotopic (exact) mass is 288 g/mol. The lowest BCUT2D eigenvalue weighted by atomic mass is 9.81. The predicted molar refractivity (Wildman–Crippen MR) is 78.4 cm³/mol. The molecule has 0 aromatic heterocycles. The highest BCUT2D eigenvalue weighted by atomic mass is 32.2. The molecule has 0 heterocycles. The molecule has 0 radical (unpaired) electrons. The molecule has 4 nitrogen and oxygen atoms in total. The fourth-order valence-electron chi connectivity index (χ4n) is 3.92. The van der Waals surface area contributed by atoms with Crippen LogP contribution in [0.4, 0.5) is 0 Å². The Morgan fingerprint density at radius 3 is 2.16 bits per heavy atom. The van der Waals surface area contributed by atoms with Gasteiger partial charge in [-0.25, -0.2) is 8.42 Å². The first-order valence-electron chi connectivity index (χ1n) is 7.78. The van der Waals surface area contributed by atoms with Gasteiger partial charge in [-0.05, 0) is 25.7 Å². The van der Waals surface area contributed by atoms with Crippen molar-refractivity contribution in [1.82, 2.24) is 4.31 Å². The summed E-state index contributed by atoms with van der Waals surface area (Å²) in [6.45, 7) is 2.99. The zero-order valence-electron chi connectivity index (χ0n) is 12.1. The minimum Gasteiger partial charge on any atom is -0.329 e. The predicted octanol–water partition coefficient (Wildman–Crippen LogP) is 2.24. The van der Waals surface area contributed by atoms with Gasteiger partial charge in [-0.2, -0.15) is 4.31 Å². The SMILES string of the molecule is CCN(C1(CN)CCCCC1)S(=O)(=O)C1CCCC1. The molecule has 0 aromatic carbocycles. The molecule has 2 aliphatic carbocycles. The first-order valence-corrected chi connectivity index (χ1v) is 9.29. The average Bonchev–Trinajstić information content (AvgIpc) is 2.95. The Kier molecular flexibility index (Phi) is 4.90. The van der Waals surface area contributed by atoms with Crippen molar-refractivity contribution in [2.45, 2.75) is 75.5 Å². The highest BCUT2D eigenvalue weighted by Gasteiger charge is 2.45. The van der Waals surface area contributed by atoms with E-state index in [2.05, 4.69) is 0 Å². The normalized spacial score (nSPS) is 25.0. The molecule has 2 N–H and O–H groups in total. The van der Waals surface area contributed by atoms with E-state index in [1.54, 1.807) is 4.31 Å². The number of sulfonamides is 1. The Balaban J connectivity index is 2.26. The lowest BCUT2D eigenvalue weighted by molar-refractivity contribution is 0.139. The van der Waals surface area contributed by atoms with E-state index < -0.39 is 10.0 Å². The first kappa shape index (κ1) is 15.3. The Morgan fingerprint density at radius 2 is 1.68 bits per heavy atom. The van der Waals surface area contributed by atoms with Gasteiger partial charge < -0.3 is 5.73 Å². The minimum absolute atomic E-state index is 0.155. The fourth-order valence-corrected chi connectivity index (χ4v) is 6.36. The molecule has 2 fully saturated rings. The maximum Gasteiger partial charge on any atom is 0.217 e. The van der Waals surface area contributed by atoms with Crippen molar-refractivity contribution < 1.29 is 8.42 Å². The van der Waals surface area contributed by atoms with Crippen LogP contribution in [0.3, 0.4) is 0 Å². The number of likely N-dealkylation sites (N-methyl/N-ethyl adjacent to an activating group) is 1. The topological polar surface area (TPSA) is 63.4 Å². The van der Waals surface area contributed by atoms with Gasteiger partial charge in [-0.3, -0.25) is 0 Å². The van der Waals surface area contributed by atoms with Gasteiger partial charge >= 0.3 is 0 Å². The second kappa shape index (κ2) is 6.10. The molecule has 112 valence electrons. The number of nitrogens with two attached hydrogens (primary N) is 1. The molecule has 2 saturated carbocycles. The molecule has 2 rings (SSSR count). The van der Waals surface area contributed by atoms with E-state index in [0.29, 0.717) is 13.1 Å². The lowest BCUT2D eigenvalue weighted by Crippen LogP contribution is -2.58. The highest BCUT2D eigenvalue weighted by Crippen LogP contribution is 2.38. The van der Waals surface area contributed by atoms with Gasteiger partial charge in [0.25, 0.3) is 0 Å². The van der Waals surface area contributed by atoms with Gasteiger partial charge in [0.1, 0.15) is 0 Å². The quantitative estimate of drug-likeness (QED) is 0.844. The number of nitrogens with zero attached hydrogens (tertiary/aromatic N) is 1. The van der Waals surface area contributed by atoms with E-state index in [9.17, 15) is 8.42 Å². The summed E-state index contributed by atoms with van der Waals surface area (Å²) in [7, 11) is -3.17. The lowest BCUT2D eigenvalue weighted by Gasteiger charge is -2.45. The van der Waals surface area contributed by atoms with Crippen LogP contribution in [0, 0.1) is 0 Å². The van der Waals surface area contributed by atoms with Gasteiger partial charge in [0.2, 0.25) is 10.0 Å². The average molecular weight is 288 g/mol. The fraction of sp³-hybridized carbons (Fsp3) is 1.00. The Hall–Kier alpha value is -0.130. The van der Waals surface area contributed by atoms with Gasteiger partial charge in [0, 0.05) is 18.6 Å². The van der Waals surface area contributed by atoms with Gasteiger partial charge in [-0.15, -0.1) is 0 Å². The second-order valence-electron chi connectivity index (χ2n) is 6.11. The van der Waals surface area contributed by atoms with Crippen molar-refractivity contribution in [1.29, 1.82) is 0 Å². The van der Waals surface area contributed by atoms with Gasteiger partial charge in [-0.1, -0.05) is 39.0 Å². The smallest absolute Gasteiger partial charge is 0.217 e. The van der Waals surface area contributed by atoms with E-state index in [1.165, 1.54) is 6.42 Å². The van der Waals surface area contributed by atoms with Crippen molar-refractivity contribution in [3.05, 3.63) is 0 Å². The zero-order valence-corrected chi connectivity index (χ0v) is 12.9. The van der Waals surface area contributed by atoms with Crippen LogP contribution < -0.4 is 5.73 Å². The van der Waals surface area contributed by atoms with Gasteiger partial charge in [0.05, 0.1) is 5.25 Å². The third-order valence-corrected chi connectivity index (χ3v) is 7.58. The number of hydrogen-bond acceptors (Lipinski definition) is 3. The molecule has 0 unspecified atom stereocenters. The molecule has 0 aliphatic heterocycles. The second-order valence-corrected chi connectivity index (χ2v) is 8.24. The molecule has 0 saturated heterocycles. The molecule has 0 aromatic rings. The largest absolute Gasteiger partial charge is 0.329 e. The van der Waals surface area contributed by atoms with Crippen LogP contribution in [0.2, 0.25) is 0 Å². The third kappa shape index (κ3) is 2.83. The minimum atomic E-state index is -3.17. The molecular formula is C14H28N2O2S. The Morgan fingerprint density at radius 1 is 1.11 bits per heavy atom. The van der Waals surface area contributed by atoms with Gasteiger partial charge in [0.15, 0.2) is 0 Å². The van der Waals surface area contributed by atoms with Crippen molar-refractivity contribution in [2.75, 3.05) is 13.1 Å². The maximum atomic E-state index is 12.9. The van der Waals surface area contributed by atoms with E-state index in [1.807, 2.05) is 6.92 Å². The summed E-state index contributed by atoms with van der Waals surface area (Å²) >= 11 is 0. The van der Waals surface area contributed by atoms with Crippen LogP contribution in [0.15, 0.2) is 0 Å². The Bertz CT molecular complexity index is 382. The summed E-state index contributed by atoms with van der Waals surface area (Å²) in [5, 5.41) is -0.155. The summed E-state index contributed by atoms with van der Waals surface area (Å²) in [5.41, 5.74) is 5.71. The van der Waals surface area contributed by atoms with Crippen LogP contribution >= 0.6 is 0 Å². The summed E-state index contributed by atoms with van der Waals surface area (Å²) in [6.07, 6.45) is 9.06. The van der Waals surface area contributed by atoms with Crippen LogP contribution in [0.1, 0.15) is 64.7 Å². The highest BCUT2D eigenvalue weighted by molar-refractivity contribution is 7.89. The van der Waals surface area contributed by atoms with E-state index in [-0.39, 0.29) is 10.8 Å². The summed E-state index contributed by atoms with van der Waals surface area (Å²) in [6, 6.07) is 0. The van der Waals surface area contributed by atoms with E-state index >= 15 is 0 Å². The van der Waals surface area contributed by atoms with E-state index in [4.69, 9.17) is 5.73 Å². The van der Waals surface area contributed by atoms with Crippen molar-refractivity contribution >= 4 is 10.0 Å². The summed E-state index contributed by atoms with van der Waals surface area (Å²) in [4.78, 5) is 0. The molecule has 2 aliphatic rings. The zero-order chi connectivity index (χ0) is 13.9. The maximum absolute atomic E-state index is 12.9. The molecular weight excluding hydrogens is 260 g/mol. The van der Waals surface area contributed by atoms with Crippen LogP contribution in [-0.4, -0.2) is 36.6 Å². The standard InChI is InChI=1S/C14H28N2O2S/c1-2-16(14(12-15)10-6-3-7-11-14)19(17,18)13-8-4-5-9-13/h13H,2-12,15H2,1H3.